The van der Waals surface area contributed by atoms with Crippen LogP contribution in [-0.2, 0) is 0 Å². The third-order valence-corrected chi connectivity index (χ3v) is 3.89. The lowest BCUT2D eigenvalue weighted by Crippen LogP contribution is -2.50. The second-order valence-electron chi connectivity index (χ2n) is 5.31. The lowest BCUT2D eigenvalue weighted by atomic mass is 10.1. The predicted molar refractivity (Wildman–Crippen MR) is 83.5 cm³/mol. The second-order valence-corrected chi connectivity index (χ2v) is 5.31. The SMILES string of the molecule is COc1cccc(C(=O)N2CCN(C(=O)c3nonc3N)CC2)c1. The van der Waals surface area contributed by atoms with Crippen molar-refractivity contribution in [2.75, 3.05) is 39.0 Å². The highest BCUT2D eigenvalue weighted by Gasteiger charge is 2.28. The topological polar surface area (TPSA) is 115 Å². The van der Waals surface area contributed by atoms with Crippen molar-refractivity contribution >= 4 is 17.6 Å². The fraction of sp³-hybridized carbons (Fsp3) is 0.333. The maximum Gasteiger partial charge on any atom is 0.280 e. The number of anilines is 1. The number of benzene rings is 1. The molecule has 2 amide bonds. The summed E-state index contributed by atoms with van der Waals surface area (Å²) in [5, 5.41) is 6.91. The molecule has 1 saturated heterocycles. The maximum absolute atomic E-state index is 12.5. The summed E-state index contributed by atoms with van der Waals surface area (Å²) in [6.07, 6.45) is 0. The maximum atomic E-state index is 12.5. The first-order chi connectivity index (χ1) is 11.6. The average molecular weight is 331 g/mol. The van der Waals surface area contributed by atoms with Crippen LogP contribution < -0.4 is 10.5 Å². The Bertz CT molecular complexity index is 752. The summed E-state index contributed by atoms with van der Waals surface area (Å²) < 4.78 is 9.58. The van der Waals surface area contributed by atoms with E-state index in [-0.39, 0.29) is 23.3 Å². The summed E-state index contributed by atoms with van der Waals surface area (Å²) in [4.78, 5) is 28.1. The van der Waals surface area contributed by atoms with Crippen molar-refractivity contribution in [2.45, 2.75) is 0 Å². The van der Waals surface area contributed by atoms with E-state index < -0.39 is 0 Å². The summed E-state index contributed by atoms with van der Waals surface area (Å²) in [6.45, 7) is 1.63. The molecule has 2 N–H and O–H groups in total. The lowest BCUT2D eigenvalue weighted by Gasteiger charge is -2.34. The normalized spacial score (nSPS) is 14.5. The smallest absolute Gasteiger partial charge is 0.280 e. The molecule has 0 spiro atoms. The van der Waals surface area contributed by atoms with E-state index in [0.717, 1.165) is 0 Å². The highest BCUT2D eigenvalue weighted by Crippen LogP contribution is 2.16. The van der Waals surface area contributed by atoms with Crippen LogP contribution in [-0.4, -0.2) is 65.2 Å². The van der Waals surface area contributed by atoms with Crippen LogP contribution >= 0.6 is 0 Å². The molecule has 0 aliphatic carbocycles. The molecule has 1 aromatic heterocycles. The Morgan fingerprint density at radius 2 is 1.79 bits per heavy atom. The lowest BCUT2D eigenvalue weighted by molar-refractivity contribution is 0.0530. The van der Waals surface area contributed by atoms with Gasteiger partial charge in [-0.2, -0.15) is 0 Å². The minimum absolute atomic E-state index is 0.00238. The molecule has 126 valence electrons. The number of nitrogens with zero attached hydrogens (tertiary/aromatic N) is 4. The number of hydrogen-bond acceptors (Lipinski definition) is 7. The van der Waals surface area contributed by atoms with Crippen LogP contribution in [0.5, 0.6) is 5.75 Å². The van der Waals surface area contributed by atoms with Crippen LogP contribution in [0.1, 0.15) is 20.8 Å². The molecule has 1 aliphatic rings. The Hall–Kier alpha value is -3.10. The molecule has 1 aliphatic heterocycles. The largest absolute Gasteiger partial charge is 0.497 e. The predicted octanol–water partition coefficient (Wildman–Crippen LogP) is 0.259. The highest BCUT2D eigenvalue weighted by atomic mass is 16.6. The van der Waals surface area contributed by atoms with E-state index in [1.165, 1.54) is 0 Å². The molecular formula is C15H17N5O4. The monoisotopic (exact) mass is 331 g/mol. The van der Waals surface area contributed by atoms with E-state index in [1.807, 2.05) is 0 Å². The Balaban J connectivity index is 1.63. The van der Waals surface area contributed by atoms with Gasteiger partial charge in [-0.05, 0) is 28.5 Å². The quantitative estimate of drug-likeness (QED) is 0.857. The third kappa shape index (κ3) is 3.00. The number of carbonyl (C=O) groups excluding carboxylic acids is 2. The number of piperazine rings is 1. The molecule has 3 rings (SSSR count). The first-order valence-electron chi connectivity index (χ1n) is 7.41. The Morgan fingerprint density at radius 3 is 2.38 bits per heavy atom. The van der Waals surface area contributed by atoms with Crippen molar-refractivity contribution in [3.8, 4) is 5.75 Å². The van der Waals surface area contributed by atoms with E-state index in [2.05, 4.69) is 14.9 Å². The van der Waals surface area contributed by atoms with Gasteiger partial charge in [-0.25, -0.2) is 4.63 Å². The van der Waals surface area contributed by atoms with Gasteiger partial charge < -0.3 is 20.3 Å². The van der Waals surface area contributed by atoms with Gasteiger partial charge in [0, 0.05) is 31.7 Å². The molecule has 0 unspecified atom stereocenters. The molecule has 1 fully saturated rings. The number of aromatic nitrogens is 2. The minimum atomic E-state index is -0.345. The number of rotatable bonds is 3. The molecule has 9 heteroatoms. The second kappa shape index (κ2) is 6.57. The number of carbonyl (C=O) groups is 2. The number of nitrogens with two attached hydrogens (primary N) is 1. The molecule has 0 radical (unpaired) electrons. The molecule has 1 aromatic carbocycles. The average Bonchev–Trinajstić information content (AvgIpc) is 3.06. The van der Waals surface area contributed by atoms with Crippen molar-refractivity contribution in [3.05, 3.63) is 35.5 Å². The molecule has 2 aromatic rings. The zero-order chi connectivity index (χ0) is 17.1. The van der Waals surface area contributed by atoms with E-state index in [9.17, 15) is 9.59 Å². The zero-order valence-electron chi connectivity index (χ0n) is 13.1. The molecule has 9 nitrogen and oxygen atoms in total. The van der Waals surface area contributed by atoms with Crippen LogP contribution in [0.4, 0.5) is 5.82 Å². The van der Waals surface area contributed by atoms with Gasteiger partial charge in [0.2, 0.25) is 11.5 Å². The first kappa shape index (κ1) is 15.8. The van der Waals surface area contributed by atoms with E-state index in [0.29, 0.717) is 37.5 Å². The summed E-state index contributed by atoms with van der Waals surface area (Å²) in [7, 11) is 1.55. The van der Waals surface area contributed by atoms with Gasteiger partial charge >= 0.3 is 0 Å². The Morgan fingerprint density at radius 1 is 1.12 bits per heavy atom. The Labute approximate surface area is 137 Å². The molecular weight excluding hydrogens is 314 g/mol. The van der Waals surface area contributed by atoms with Crippen molar-refractivity contribution in [1.82, 2.24) is 20.1 Å². The van der Waals surface area contributed by atoms with Crippen LogP contribution in [0.25, 0.3) is 0 Å². The van der Waals surface area contributed by atoms with Crippen LogP contribution in [0.3, 0.4) is 0 Å². The summed E-state index contributed by atoms with van der Waals surface area (Å²) in [5.74, 6) is 0.157. The number of amides is 2. The fourth-order valence-electron chi connectivity index (χ4n) is 2.54. The first-order valence-corrected chi connectivity index (χ1v) is 7.41. The van der Waals surface area contributed by atoms with E-state index in [4.69, 9.17) is 10.5 Å². The van der Waals surface area contributed by atoms with Gasteiger partial charge in [0.05, 0.1) is 7.11 Å². The van der Waals surface area contributed by atoms with Gasteiger partial charge in [0.1, 0.15) is 5.75 Å². The molecule has 24 heavy (non-hydrogen) atoms. The zero-order valence-corrected chi connectivity index (χ0v) is 13.1. The van der Waals surface area contributed by atoms with Gasteiger partial charge in [0.15, 0.2) is 0 Å². The Kier molecular flexibility index (Phi) is 4.32. The standard InChI is InChI=1S/C15H17N5O4/c1-23-11-4-2-3-10(9-11)14(21)19-5-7-20(8-6-19)15(22)12-13(16)18-24-17-12/h2-4,9H,5-8H2,1H3,(H2,16,18). The molecule has 0 saturated carbocycles. The van der Waals surface area contributed by atoms with Crippen LogP contribution in [0, 0.1) is 0 Å². The highest BCUT2D eigenvalue weighted by molar-refractivity contribution is 5.97. The summed E-state index contributed by atoms with van der Waals surface area (Å²) >= 11 is 0. The van der Waals surface area contributed by atoms with E-state index in [1.54, 1.807) is 41.2 Å². The van der Waals surface area contributed by atoms with Crippen molar-refractivity contribution in [2.24, 2.45) is 0 Å². The van der Waals surface area contributed by atoms with Gasteiger partial charge in [0.25, 0.3) is 11.8 Å². The third-order valence-electron chi connectivity index (χ3n) is 3.89. The fourth-order valence-corrected chi connectivity index (χ4v) is 2.54. The van der Waals surface area contributed by atoms with Gasteiger partial charge in [-0.3, -0.25) is 9.59 Å². The van der Waals surface area contributed by atoms with Crippen LogP contribution in [0.2, 0.25) is 0 Å². The number of ether oxygens (including phenoxy) is 1. The van der Waals surface area contributed by atoms with Crippen molar-refractivity contribution < 1.29 is 19.0 Å². The number of nitrogen functional groups attached to an aromatic ring is 1. The van der Waals surface area contributed by atoms with Crippen molar-refractivity contribution in [3.63, 3.8) is 0 Å². The van der Waals surface area contributed by atoms with Crippen LogP contribution in [0.15, 0.2) is 28.9 Å². The van der Waals surface area contributed by atoms with Gasteiger partial charge in [-0.1, -0.05) is 6.07 Å². The molecule has 0 atom stereocenters. The van der Waals surface area contributed by atoms with E-state index >= 15 is 0 Å². The summed E-state index contributed by atoms with van der Waals surface area (Å²) in [6, 6.07) is 6.99. The number of hydrogen-bond donors (Lipinski definition) is 1. The minimum Gasteiger partial charge on any atom is -0.497 e. The number of methoxy groups -OCH3 is 1. The van der Waals surface area contributed by atoms with Gasteiger partial charge in [-0.15, -0.1) is 0 Å². The molecule has 0 bridgehead atoms. The molecule has 2 heterocycles. The summed E-state index contributed by atoms with van der Waals surface area (Å²) in [5.41, 5.74) is 6.09. The van der Waals surface area contributed by atoms with Crippen molar-refractivity contribution in [1.29, 1.82) is 0 Å².